The summed E-state index contributed by atoms with van der Waals surface area (Å²) >= 11 is 0. The van der Waals surface area contributed by atoms with E-state index in [-0.39, 0.29) is 19.6 Å². The van der Waals surface area contributed by atoms with E-state index in [4.69, 9.17) is 14.2 Å². The molecule has 0 aromatic heterocycles. The molecular weight excluding hydrogens is 464 g/mol. The van der Waals surface area contributed by atoms with Gasteiger partial charge in [-0.05, 0) is 41.2 Å². The molecule has 1 heterocycles. The number of carbonyl (C=O) groups excluding carboxylic acids is 1. The lowest BCUT2D eigenvalue weighted by molar-refractivity contribution is -0.278. The second-order valence-electron chi connectivity index (χ2n) is 9.22. The highest BCUT2D eigenvalue weighted by Crippen LogP contribution is 2.29. The van der Waals surface area contributed by atoms with Crippen LogP contribution in [0.15, 0.2) is 42.5 Å². The first-order valence-corrected chi connectivity index (χ1v) is 12.7. The zero-order valence-corrected chi connectivity index (χ0v) is 21.0. The van der Waals surface area contributed by atoms with Gasteiger partial charge in [0, 0.05) is 12.8 Å². The lowest BCUT2D eigenvalue weighted by Gasteiger charge is -2.40. The standard InChI is InChI=1S/C28H38O8/c1-3-5-6-7-24(30)34-17-23-25(31)26(32)27(33)28(36-23)35-22-15-20(16-29)12-13-21(22)14-19-10-8-18(4-2)9-11-19/h8-13,15,23,25-29,31-33H,3-7,14,16-17H2,1-2H3/t23-,25-,26+,27-,28+/m1/s1. The minimum absolute atomic E-state index is 0.201. The number of ether oxygens (including phenoxy) is 3. The fourth-order valence-corrected chi connectivity index (χ4v) is 4.11. The van der Waals surface area contributed by atoms with Crippen molar-refractivity contribution in [2.75, 3.05) is 6.61 Å². The normalized spacial score (nSPS) is 23.9. The Labute approximate surface area is 212 Å². The quantitative estimate of drug-likeness (QED) is 0.258. The zero-order valence-electron chi connectivity index (χ0n) is 21.0. The van der Waals surface area contributed by atoms with E-state index in [0.717, 1.165) is 30.4 Å². The Bertz CT molecular complexity index is 961. The van der Waals surface area contributed by atoms with Gasteiger partial charge in [0.05, 0.1) is 6.61 Å². The Morgan fingerprint density at radius 2 is 1.61 bits per heavy atom. The van der Waals surface area contributed by atoms with Crippen LogP contribution in [0.5, 0.6) is 5.75 Å². The smallest absolute Gasteiger partial charge is 0.305 e. The van der Waals surface area contributed by atoms with E-state index in [1.807, 2.05) is 25.1 Å². The second-order valence-corrected chi connectivity index (χ2v) is 9.22. The van der Waals surface area contributed by atoms with Crippen LogP contribution in [0.2, 0.25) is 0 Å². The van der Waals surface area contributed by atoms with Crippen molar-refractivity contribution in [3.05, 3.63) is 64.7 Å². The molecular formula is C28H38O8. The van der Waals surface area contributed by atoms with Crippen molar-refractivity contribution < 1.29 is 39.4 Å². The lowest BCUT2D eigenvalue weighted by atomic mass is 9.98. The molecule has 2 aromatic carbocycles. The Morgan fingerprint density at radius 3 is 2.28 bits per heavy atom. The van der Waals surface area contributed by atoms with Crippen molar-refractivity contribution in [3.8, 4) is 5.75 Å². The summed E-state index contributed by atoms with van der Waals surface area (Å²) in [6.45, 7) is 3.65. The van der Waals surface area contributed by atoms with E-state index in [9.17, 15) is 25.2 Å². The van der Waals surface area contributed by atoms with Crippen LogP contribution in [-0.2, 0) is 33.7 Å². The summed E-state index contributed by atoms with van der Waals surface area (Å²) in [4.78, 5) is 12.0. The van der Waals surface area contributed by atoms with E-state index >= 15 is 0 Å². The molecule has 36 heavy (non-hydrogen) atoms. The molecule has 1 saturated heterocycles. The molecule has 0 spiro atoms. The summed E-state index contributed by atoms with van der Waals surface area (Å²) < 4.78 is 17.0. The molecule has 0 aliphatic carbocycles. The molecule has 2 aromatic rings. The monoisotopic (exact) mass is 502 g/mol. The minimum Gasteiger partial charge on any atom is -0.463 e. The highest BCUT2D eigenvalue weighted by atomic mass is 16.7. The summed E-state index contributed by atoms with van der Waals surface area (Å²) in [5, 5.41) is 41.0. The Kier molecular flexibility index (Phi) is 10.7. The van der Waals surface area contributed by atoms with Crippen molar-refractivity contribution in [3.63, 3.8) is 0 Å². The van der Waals surface area contributed by atoms with Gasteiger partial charge >= 0.3 is 5.97 Å². The number of aliphatic hydroxyl groups excluding tert-OH is 4. The van der Waals surface area contributed by atoms with Gasteiger partial charge in [-0.2, -0.15) is 0 Å². The van der Waals surface area contributed by atoms with Crippen LogP contribution >= 0.6 is 0 Å². The maximum Gasteiger partial charge on any atom is 0.305 e. The summed E-state index contributed by atoms with van der Waals surface area (Å²) in [7, 11) is 0. The average Bonchev–Trinajstić information content (AvgIpc) is 2.89. The molecule has 0 saturated carbocycles. The zero-order chi connectivity index (χ0) is 26.1. The fraction of sp³-hybridized carbons (Fsp3) is 0.536. The predicted molar refractivity (Wildman–Crippen MR) is 133 cm³/mol. The van der Waals surface area contributed by atoms with Gasteiger partial charge in [-0.3, -0.25) is 4.79 Å². The van der Waals surface area contributed by atoms with Gasteiger partial charge in [0.25, 0.3) is 0 Å². The summed E-state index contributed by atoms with van der Waals surface area (Å²) in [5.41, 5.74) is 3.70. The molecule has 0 unspecified atom stereocenters. The van der Waals surface area contributed by atoms with Crippen LogP contribution in [0.25, 0.3) is 0 Å². The van der Waals surface area contributed by atoms with Gasteiger partial charge in [0.2, 0.25) is 6.29 Å². The highest BCUT2D eigenvalue weighted by molar-refractivity contribution is 5.69. The first-order valence-electron chi connectivity index (χ1n) is 12.7. The van der Waals surface area contributed by atoms with E-state index in [0.29, 0.717) is 24.2 Å². The number of benzene rings is 2. The van der Waals surface area contributed by atoms with Crippen LogP contribution in [-0.4, -0.2) is 63.7 Å². The average molecular weight is 503 g/mol. The molecule has 8 nitrogen and oxygen atoms in total. The van der Waals surface area contributed by atoms with Gasteiger partial charge in [0.1, 0.15) is 36.8 Å². The number of rotatable bonds is 12. The van der Waals surface area contributed by atoms with E-state index in [1.54, 1.807) is 12.1 Å². The molecule has 1 aliphatic rings. The van der Waals surface area contributed by atoms with Crippen molar-refractivity contribution in [1.82, 2.24) is 0 Å². The van der Waals surface area contributed by atoms with Crippen molar-refractivity contribution in [2.45, 2.75) is 89.7 Å². The van der Waals surface area contributed by atoms with Crippen molar-refractivity contribution in [2.24, 2.45) is 0 Å². The third kappa shape index (κ3) is 7.51. The van der Waals surface area contributed by atoms with E-state index < -0.39 is 36.7 Å². The number of aliphatic hydroxyl groups is 4. The van der Waals surface area contributed by atoms with Crippen molar-refractivity contribution in [1.29, 1.82) is 0 Å². The third-order valence-corrected chi connectivity index (χ3v) is 6.44. The van der Waals surface area contributed by atoms with Gasteiger partial charge in [-0.15, -0.1) is 0 Å². The van der Waals surface area contributed by atoms with E-state index in [2.05, 4.69) is 19.1 Å². The summed E-state index contributed by atoms with van der Waals surface area (Å²) in [6, 6.07) is 13.5. The number of hydrogen-bond acceptors (Lipinski definition) is 8. The van der Waals surface area contributed by atoms with E-state index in [1.165, 1.54) is 5.56 Å². The first kappa shape index (κ1) is 28.1. The molecule has 4 N–H and O–H groups in total. The second kappa shape index (κ2) is 13.7. The lowest BCUT2D eigenvalue weighted by Crippen LogP contribution is -2.60. The molecule has 0 bridgehead atoms. The maximum absolute atomic E-state index is 12.0. The predicted octanol–water partition coefficient (Wildman–Crippen LogP) is 2.64. The fourth-order valence-electron chi connectivity index (χ4n) is 4.11. The van der Waals surface area contributed by atoms with Crippen LogP contribution < -0.4 is 4.74 Å². The van der Waals surface area contributed by atoms with Gasteiger partial charge in [0.15, 0.2) is 0 Å². The molecule has 0 amide bonds. The minimum atomic E-state index is -1.56. The van der Waals surface area contributed by atoms with Gasteiger partial charge < -0.3 is 34.6 Å². The van der Waals surface area contributed by atoms with Crippen LogP contribution in [0, 0.1) is 0 Å². The Hall–Kier alpha value is -2.49. The van der Waals surface area contributed by atoms with Gasteiger partial charge in [-0.1, -0.05) is 63.1 Å². The topological polar surface area (TPSA) is 126 Å². The first-order chi connectivity index (χ1) is 17.4. The molecule has 3 rings (SSSR count). The molecule has 8 heteroatoms. The molecule has 0 radical (unpaired) electrons. The number of hydrogen-bond donors (Lipinski definition) is 4. The molecule has 5 atom stereocenters. The summed E-state index contributed by atoms with van der Waals surface area (Å²) in [5.74, 6) is -0.0339. The summed E-state index contributed by atoms with van der Waals surface area (Å²) in [6.07, 6.45) is -2.59. The van der Waals surface area contributed by atoms with Gasteiger partial charge in [-0.25, -0.2) is 0 Å². The van der Waals surface area contributed by atoms with Crippen LogP contribution in [0.1, 0.15) is 61.8 Å². The number of unbranched alkanes of at least 4 members (excludes halogenated alkanes) is 2. The number of carbonyl (C=O) groups is 1. The largest absolute Gasteiger partial charge is 0.463 e. The maximum atomic E-state index is 12.0. The van der Waals surface area contributed by atoms with Crippen molar-refractivity contribution >= 4 is 5.97 Å². The highest BCUT2D eigenvalue weighted by Gasteiger charge is 2.45. The third-order valence-electron chi connectivity index (χ3n) is 6.44. The Morgan fingerprint density at radius 1 is 0.917 bits per heavy atom. The Balaban J connectivity index is 1.73. The molecule has 1 fully saturated rings. The molecule has 198 valence electrons. The van der Waals surface area contributed by atoms with Crippen LogP contribution in [0.3, 0.4) is 0 Å². The van der Waals surface area contributed by atoms with Crippen LogP contribution in [0.4, 0.5) is 0 Å². The molecule has 1 aliphatic heterocycles. The number of esters is 1. The SMILES string of the molecule is CCCCCC(=O)OC[C@H]1O[C@H](Oc2cc(CO)ccc2Cc2ccc(CC)cc2)[C@H](O)[C@@H](O)[C@@H]1O. The number of aryl methyl sites for hydroxylation is 1.